The monoisotopic (exact) mass is 304 g/mol. The summed E-state index contributed by atoms with van der Waals surface area (Å²) in [7, 11) is 0. The predicted octanol–water partition coefficient (Wildman–Crippen LogP) is 6.84. The Labute approximate surface area is 137 Å². The molecule has 0 atom stereocenters. The van der Waals surface area contributed by atoms with Gasteiger partial charge in [0.25, 0.3) is 0 Å². The third kappa shape index (κ3) is 19.0. The number of hydrogen-bond donors (Lipinski definition) is 1. The van der Waals surface area contributed by atoms with Crippen LogP contribution in [-0.4, -0.2) is 5.75 Å². The van der Waals surface area contributed by atoms with E-state index in [0.29, 0.717) is 0 Å². The topological polar surface area (TPSA) is 0 Å². The average Bonchev–Trinajstić information content (AvgIpc) is 2.50. The molecule has 1 heteroatoms. The van der Waals surface area contributed by atoms with E-state index in [2.05, 4.69) is 80.3 Å². The minimum atomic E-state index is 1.00. The summed E-state index contributed by atoms with van der Waals surface area (Å²) in [6, 6.07) is 0. The molecule has 0 bridgehead atoms. The van der Waals surface area contributed by atoms with Gasteiger partial charge in [-0.2, -0.15) is 12.6 Å². The van der Waals surface area contributed by atoms with Crippen LogP contribution >= 0.6 is 12.6 Å². The highest BCUT2D eigenvalue weighted by atomic mass is 32.1. The van der Waals surface area contributed by atoms with Crippen molar-refractivity contribution in [2.75, 3.05) is 5.75 Å². The van der Waals surface area contributed by atoms with Crippen molar-refractivity contribution in [1.29, 1.82) is 0 Å². The van der Waals surface area contributed by atoms with E-state index in [-0.39, 0.29) is 0 Å². The SMILES string of the molecule is CC/C=C/C/C=C/C/C=C/C/C=C/C/C=C/CCCCS. The van der Waals surface area contributed by atoms with Crippen LogP contribution in [-0.2, 0) is 0 Å². The minimum absolute atomic E-state index is 1.00. The summed E-state index contributed by atoms with van der Waals surface area (Å²) in [6.45, 7) is 2.16. The molecule has 0 aliphatic carbocycles. The van der Waals surface area contributed by atoms with Gasteiger partial charge in [0.2, 0.25) is 0 Å². The fraction of sp³-hybridized carbons (Fsp3) is 0.500. The highest BCUT2D eigenvalue weighted by molar-refractivity contribution is 7.80. The standard InChI is InChI=1S/C20H32S/c1-2-3-4-5-6-7-8-9-10-11-12-13-14-15-16-17-18-19-20-21/h3-4,6-7,9-10,12-13,15-16,21H,2,5,8,11,14,17-20H2,1H3/b4-3+,7-6+,10-9+,13-12+,16-15+. The second-order valence-electron chi connectivity index (χ2n) is 4.93. The van der Waals surface area contributed by atoms with Crippen molar-refractivity contribution in [1.82, 2.24) is 0 Å². The van der Waals surface area contributed by atoms with Gasteiger partial charge in [-0.05, 0) is 57.1 Å². The van der Waals surface area contributed by atoms with E-state index in [4.69, 9.17) is 0 Å². The van der Waals surface area contributed by atoms with Crippen LogP contribution in [0.2, 0.25) is 0 Å². The first kappa shape index (κ1) is 20.1. The predicted molar refractivity (Wildman–Crippen MR) is 102 cm³/mol. The molecule has 0 spiro atoms. The summed E-state index contributed by atoms with van der Waals surface area (Å²) >= 11 is 4.20. The Balaban J connectivity index is 3.41. The number of rotatable bonds is 13. The first-order valence-electron chi connectivity index (χ1n) is 8.27. The first-order chi connectivity index (χ1) is 10.4. The van der Waals surface area contributed by atoms with Gasteiger partial charge in [0.05, 0.1) is 0 Å². The van der Waals surface area contributed by atoms with E-state index in [1.54, 1.807) is 0 Å². The molecule has 0 aliphatic rings. The number of allylic oxidation sites excluding steroid dienone is 10. The Bertz CT molecular complexity index is 332. The van der Waals surface area contributed by atoms with Crippen LogP contribution < -0.4 is 0 Å². The molecule has 0 radical (unpaired) electrons. The highest BCUT2D eigenvalue weighted by Crippen LogP contribution is 1.99. The molecule has 0 saturated carbocycles. The smallest absolute Gasteiger partial charge is 0.00978 e. The van der Waals surface area contributed by atoms with Crippen LogP contribution in [0.15, 0.2) is 60.8 Å². The lowest BCUT2D eigenvalue weighted by molar-refractivity contribution is 0.823. The molecule has 0 amide bonds. The van der Waals surface area contributed by atoms with E-state index >= 15 is 0 Å². The van der Waals surface area contributed by atoms with Crippen LogP contribution in [0.1, 0.15) is 58.3 Å². The zero-order chi connectivity index (χ0) is 15.4. The van der Waals surface area contributed by atoms with Gasteiger partial charge in [-0.1, -0.05) is 67.7 Å². The molecule has 0 aromatic rings. The van der Waals surface area contributed by atoms with E-state index in [1.807, 2.05) is 0 Å². The van der Waals surface area contributed by atoms with Gasteiger partial charge < -0.3 is 0 Å². The van der Waals surface area contributed by atoms with Crippen molar-refractivity contribution in [3.8, 4) is 0 Å². The lowest BCUT2D eigenvalue weighted by Crippen LogP contribution is -1.73. The molecule has 0 aromatic carbocycles. The molecule has 0 heterocycles. The molecular weight excluding hydrogens is 272 g/mol. The Morgan fingerprint density at radius 2 is 1.00 bits per heavy atom. The van der Waals surface area contributed by atoms with Crippen molar-refractivity contribution in [3.05, 3.63) is 60.8 Å². The zero-order valence-corrected chi connectivity index (χ0v) is 14.5. The average molecular weight is 305 g/mol. The van der Waals surface area contributed by atoms with E-state index in [1.165, 1.54) is 19.3 Å². The van der Waals surface area contributed by atoms with Gasteiger partial charge in [0.1, 0.15) is 0 Å². The second kappa shape index (κ2) is 19.1. The summed E-state index contributed by atoms with van der Waals surface area (Å²) in [6.07, 6.45) is 31.4. The highest BCUT2D eigenvalue weighted by Gasteiger charge is 1.81. The molecular formula is C20H32S. The summed E-state index contributed by atoms with van der Waals surface area (Å²) in [5, 5.41) is 0. The lowest BCUT2D eigenvalue weighted by atomic mass is 10.2. The maximum absolute atomic E-state index is 4.20. The van der Waals surface area contributed by atoms with Crippen LogP contribution in [0.25, 0.3) is 0 Å². The van der Waals surface area contributed by atoms with Crippen molar-refractivity contribution in [3.63, 3.8) is 0 Å². The van der Waals surface area contributed by atoms with Crippen molar-refractivity contribution in [2.45, 2.75) is 58.3 Å². The fourth-order valence-electron chi connectivity index (χ4n) is 1.74. The van der Waals surface area contributed by atoms with Crippen LogP contribution in [0.5, 0.6) is 0 Å². The molecule has 0 aromatic heterocycles. The largest absolute Gasteiger partial charge is 0.179 e. The first-order valence-corrected chi connectivity index (χ1v) is 8.90. The van der Waals surface area contributed by atoms with E-state index in [0.717, 1.165) is 37.9 Å². The summed E-state index contributed by atoms with van der Waals surface area (Å²) < 4.78 is 0. The molecule has 0 unspecified atom stereocenters. The van der Waals surface area contributed by atoms with E-state index < -0.39 is 0 Å². The van der Waals surface area contributed by atoms with Gasteiger partial charge in [-0.15, -0.1) is 0 Å². The molecule has 0 rings (SSSR count). The van der Waals surface area contributed by atoms with Gasteiger partial charge in [0.15, 0.2) is 0 Å². The quantitative estimate of drug-likeness (QED) is 0.215. The number of thiol groups is 1. The fourth-order valence-corrected chi connectivity index (χ4v) is 1.97. The molecule has 0 N–H and O–H groups in total. The van der Waals surface area contributed by atoms with Crippen molar-refractivity contribution in [2.24, 2.45) is 0 Å². The number of unbranched alkanes of at least 4 members (excludes halogenated alkanes) is 2. The second-order valence-corrected chi connectivity index (χ2v) is 5.37. The number of hydrogen-bond acceptors (Lipinski definition) is 1. The van der Waals surface area contributed by atoms with Gasteiger partial charge in [-0.3, -0.25) is 0 Å². The maximum atomic E-state index is 4.20. The van der Waals surface area contributed by atoms with Gasteiger partial charge in [0, 0.05) is 0 Å². The lowest BCUT2D eigenvalue weighted by Gasteiger charge is -1.90. The summed E-state index contributed by atoms with van der Waals surface area (Å²) in [5.74, 6) is 1.00. The Morgan fingerprint density at radius 1 is 0.571 bits per heavy atom. The molecule has 0 fully saturated rings. The summed E-state index contributed by atoms with van der Waals surface area (Å²) in [4.78, 5) is 0. The maximum Gasteiger partial charge on any atom is -0.00978 e. The molecule has 21 heavy (non-hydrogen) atoms. The Hall–Kier alpha value is -0.950. The Kier molecular flexibility index (Phi) is 18.2. The third-order valence-corrected chi connectivity index (χ3v) is 3.25. The van der Waals surface area contributed by atoms with E-state index in [9.17, 15) is 0 Å². The minimum Gasteiger partial charge on any atom is -0.179 e. The zero-order valence-electron chi connectivity index (χ0n) is 13.6. The van der Waals surface area contributed by atoms with Gasteiger partial charge >= 0.3 is 0 Å². The van der Waals surface area contributed by atoms with Crippen LogP contribution in [0, 0.1) is 0 Å². The van der Waals surface area contributed by atoms with Crippen LogP contribution in [0.4, 0.5) is 0 Å². The normalized spacial score (nSPS) is 13.0. The molecule has 0 nitrogen and oxygen atoms in total. The molecule has 118 valence electrons. The van der Waals surface area contributed by atoms with Crippen molar-refractivity contribution < 1.29 is 0 Å². The summed E-state index contributed by atoms with van der Waals surface area (Å²) in [5.41, 5.74) is 0. The molecule has 0 saturated heterocycles. The van der Waals surface area contributed by atoms with Crippen molar-refractivity contribution >= 4 is 12.6 Å². The van der Waals surface area contributed by atoms with Gasteiger partial charge in [-0.25, -0.2) is 0 Å². The van der Waals surface area contributed by atoms with Crippen LogP contribution in [0.3, 0.4) is 0 Å². The Morgan fingerprint density at radius 3 is 1.43 bits per heavy atom. The third-order valence-electron chi connectivity index (χ3n) is 2.94. The molecule has 0 aliphatic heterocycles.